The van der Waals surface area contributed by atoms with Crippen LogP contribution in [0.25, 0.3) is 0 Å². The molecule has 0 aliphatic carbocycles. The molecule has 61 heavy (non-hydrogen) atoms. The first kappa shape index (κ1) is 58.4. The van der Waals surface area contributed by atoms with E-state index in [9.17, 15) is 33.6 Å². The van der Waals surface area contributed by atoms with E-state index in [1.165, 1.54) is 31.1 Å². The molecule has 0 aromatic carbocycles. The number of alkyl carbamates (subject to hydrolysis) is 2. The number of hydrogen-bond acceptors (Lipinski definition) is 16. The van der Waals surface area contributed by atoms with Crippen LogP contribution in [0.5, 0.6) is 0 Å². The average molecular weight is 1020 g/mol. The number of amides is 4. The lowest BCUT2D eigenvalue weighted by Gasteiger charge is -2.27. The summed E-state index contributed by atoms with van der Waals surface area (Å²) >= 11 is 32.8. The van der Waals surface area contributed by atoms with Gasteiger partial charge in [0.2, 0.25) is 7.59 Å². The third-order valence-electron chi connectivity index (χ3n) is 7.83. The third-order valence-corrected chi connectivity index (χ3v) is 8.49. The number of methoxy groups -OCH3 is 3. The zero-order valence-corrected chi connectivity index (χ0v) is 40.3. The minimum atomic E-state index is -1.73. The van der Waals surface area contributed by atoms with Crippen LogP contribution in [-0.4, -0.2) is 161 Å². The monoisotopic (exact) mass is 1020 g/mol. The van der Waals surface area contributed by atoms with E-state index in [1.54, 1.807) is 41.5 Å². The van der Waals surface area contributed by atoms with Crippen molar-refractivity contribution in [2.24, 2.45) is 5.73 Å². The molecule has 20 nitrogen and oxygen atoms in total. The second-order valence-electron chi connectivity index (χ2n) is 15.4. The number of nitrogens with two attached hydrogens (primary N) is 1. The van der Waals surface area contributed by atoms with E-state index in [0.29, 0.717) is 25.9 Å². The van der Waals surface area contributed by atoms with Crippen LogP contribution in [0.15, 0.2) is 0 Å². The Kier molecular flexibility index (Phi) is 24.6. The van der Waals surface area contributed by atoms with Gasteiger partial charge in [-0.1, -0.05) is 69.6 Å². The Bertz CT molecular complexity index is 1490. The molecule has 0 radical (unpaired) electrons. The first-order valence-electron chi connectivity index (χ1n) is 18.1. The Labute approximate surface area is 390 Å². The highest BCUT2D eigenvalue weighted by molar-refractivity contribution is 6.68. The van der Waals surface area contributed by atoms with Crippen molar-refractivity contribution in [3.05, 3.63) is 0 Å². The number of nitrogens with zero attached hydrogens (tertiary/aromatic N) is 2. The van der Waals surface area contributed by atoms with Gasteiger partial charge in [0, 0.05) is 38.1 Å². The molecular weight excluding hydrogens is 965 g/mol. The van der Waals surface area contributed by atoms with Crippen LogP contribution in [0.2, 0.25) is 0 Å². The van der Waals surface area contributed by atoms with Gasteiger partial charge in [0.25, 0.3) is 0 Å². The summed E-state index contributed by atoms with van der Waals surface area (Å²) in [4.78, 5) is 84.4. The van der Waals surface area contributed by atoms with Crippen molar-refractivity contribution in [1.29, 1.82) is 0 Å². The predicted molar refractivity (Wildman–Crippen MR) is 227 cm³/mol. The quantitative estimate of drug-likeness (QED) is 0.155. The lowest BCUT2D eigenvalue weighted by Crippen LogP contribution is -2.44. The highest BCUT2D eigenvalue weighted by Crippen LogP contribution is 2.27. The van der Waals surface area contributed by atoms with Crippen LogP contribution in [0.1, 0.15) is 60.8 Å². The summed E-state index contributed by atoms with van der Waals surface area (Å²) in [5.74, 6) is -1.43. The molecule has 0 aromatic heterocycles. The summed E-state index contributed by atoms with van der Waals surface area (Å²) in [6, 6.07) is -2.92. The number of ether oxygens (including phenoxy) is 7. The highest BCUT2D eigenvalue weighted by atomic mass is 35.6. The smallest absolute Gasteiger partial charge is 0.411 e. The van der Waals surface area contributed by atoms with Gasteiger partial charge in [-0.05, 0) is 54.4 Å². The molecule has 3 rings (SSSR count). The molecule has 3 aliphatic heterocycles. The van der Waals surface area contributed by atoms with Crippen molar-refractivity contribution in [3.8, 4) is 0 Å². The summed E-state index contributed by atoms with van der Waals surface area (Å²) in [5.41, 5.74) is 4.43. The lowest BCUT2D eigenvalue weighted by molar-refractivity contribution is -0.146. The predicted octanol–water partition coefficient (Wildman–Crippen LogP) is 4.54. The number of nitrogens with one attached hydrogen (secondary N) is 3. The van der Waals surface area contributed by atoms with E-state index in [0.717, 1.165) is 0 Å². The first-order chi connectivity index (χ1) is 27.4. The SMILES string of the molecule is COC(=O)[C@@H]1C[C@@H](N)CN1C(=O)OC(C)(C)C.COC(=O)[C@@H]1C[C@@H](NC(=O)OCC(Cl)(Cl)Cl)CN1.COC(=O)[C@@H]1C[C@@H](NC(=O)OCC(Cl)(Cl)Cl)CN1C(=O)OC(C)(C)C.Cl. The fourth-order valence-corrected chi connectivity index (χ4v) is 5.78. The molecule has 4 amide bonds. The molecule has 354 valence electrons. The summed E-state index contributed by atoms with van der Waals surface area (Å²) in [5, 5.41) is 7.98. The van der Waals surface area contributed by atoms with Crippen molar-refractivity contribution >= 4 is 124 Å². The van der Waals surface area contributed by atoms with Gasteiger partial charge in [-0.3, -0.25) is 14.6 Å². The van der Waals surface area contributed by atoms with Crippen LogP contribution in [0.3, 0.4) is 0 Å². The number of esters is 3. The molecule has 0 spiro atoms. The van der Waals surface area contributed by atoms with Gasteiger partial charge in [-0.25, -0.2) is 28.8 Å². The minimum Gasteiger partial charge on any atom is -0.468 e. The number of halogens is 7. The van der Waals surface area contributed by atoms with Crippen molar-refractivity contribution in [1.82, 2.24) is 25.8 Å². The minimum absolute atomic E-state index is 0. The van der Waals surface area contributed by atoms with E-state index >= 15 is 0 Å². The maximum absolute atomic E-state index is 12.3. The van der Waals surface area contributed by atoms with Gasteiger partial charge in [-0.15, -0.1) is 12.4 Å². The van der Waals surface area contributed by atoms with Crippen molar-refractivity contribution in [3.63, 3.8) is 0 Å². The highest BCUT2D eigenvalue weighted by Gasteiger charge is 2.44. The Hall–Kier alpha value is -2.56. The number of rotatable bonds is 7. The molecule has 0 saturated carbocycles. The second kappa shape index (κ2) is 25.7. The van der Waals surface area contributed by atoms with E-state index < -0.39 is 85.9 Å². The molecular formula is C34H55Cl7N6O14. The summed E-state index contributed by atoms with van der Waals surface area (Å²) < 4.78 is 30.5. The van der Waals surface area contributed by atoms with Crippen molar-refractivity contribution < 1.29 is 66.7 Å². The van der Waals surface area contributed by atoms with Gasteiger partial charge < -0.3 is 54.8 Å². The number of carbonyl (C=O) groups excluding carboxylic acids is 7. The van der Waals surface area contributed by atoms with Crippen LogP contribution < -0.4 is 21.7 Å². The number of likely N-dealkylation sites (tertiary alicyclic amines) is 2. The second-order valence-corrected chi connectivity index (χ2v) is 20.4. The van der Waals surface area contributed by atoms with Gasteiger partial charge in [0.05, 0.1) is 27.4 Å². The third kappa shape index (κ3) is 23.6. The number of hydrogen-bond donors (Lipinski definition) is 4. The molecule has 3 saturated heterocycles. The molecule has 0 unspecified atom stereocenters. The zero-order chi connectivity index (χ0) is 46.4. The maximum Gasteiger partial charge on any atom is 0.411 e. The van der Waals surface area contributed by atoms with Gasteiger partial charge in [-0.2, -0.15) is 0 Å². The van der Waals surface area contributed by atoms with Crippen LogP contribution in [0, 0.1) is 0 Å². The molecule has 3 fully saturated rings. The molecule has 0 aromatic rings. The summed E-state index contributed by atoms with van der Waals surface area (Å²) in [7, 11) is 3.81. The van der Waals surface area contributed by atoms with Crippen molar-refractivity contribution in [2.45, 2.75) is 116 Å². The fraction of sp³-hybridized carbons (Fsp3) is 0.794. The topological polar surface area (TPSA) is 253 Å². The molecule has 3 aliphatic rings. The van der Waals surface area contributed by atoms with E-state index in [4.69, 9.17) is 99.0 Å². The standard InChI is InChI=1S/C14H21Cl3N2O6.C11H20N2O4.C9H13Cl3N2O4.ClH/c1-13(2,3)25-12(22)19-6-8(5-9(19)10(20)23-4)18-11(21)24-7-14(15,16)17;1-11(2,3)17-10(15)13-6-7(12)5-8(13)9(14)16-4;1-17-7(15)6-2-5(3-13-6)14-8(16)18-4-9(10,11)12;/h8-9H,5-7H2,1-4H3,(H,18,21);7-8H,5-6,12H2,1-4H3;5-6,13H,2-4H2,1H3,(H,14,16);1H/t8-,9+;7-,8+;5-,6+;/m111./s1. The maximum atomic E-state index is 12.3. The summed E-state index contributed by atoms with van der Waals surface area (Å²) in [6.45, 7) is 10.5. The molecule has 0 bridgehead atoms. The zero-order valence-electron chi connectivity index (χ0n) is 35.0. The Balaban J connectivity index is 0.000000900. The molecule has 3 heterocycles. The normalized spacial score (nSPS) is 22.4. The largest absolute Gasteiger partial charge is 0.468 e. The van der Waals surface area contributed by atoms with E-state index in [2.05, 4.69) is 25.4 Å². The van der Waals surface area contributed by atoms with Crippen LogP contribution >= 0.6 is 82.0 Å². The Morgan fingerprint density at radius 3 is 1.41 bits per heavy atom. The van der Waals surface area contributed by atoms with Gasteiger partial charge in [0.1, 0.15) is 42.5 Å². The van der Waals surface area contributed by atoms with Crippen LogP contribution in [-0.2, 0) is 47.5 Å². The number of carbonyl (C=O) groups is 7. The average Bonchev–Trinajstić information content (AvgIpc) is 3.86. The Morgan fingerprint density at radius 1 is 0.623 bits per heavy atom. The van der Waals surface area contributed by atoms with Crippen molar-refractivity contribution in [2.75, 3.05) is 54.2 Å². The fourth-order valence-electron chi connectivity index (χ4n) is 5.45. The summed E-state index contributed by atoms with van der Waals surface area (Å²) in [6.07, 6.45) is -1.75. The molecule has 5 N–H and O–H groups in total. The van der Waals surface area contributed by atoms with E-state index in [1.807, 2.05) is 0 Å². The van der Waals surface area contributed by atoms with Gasteiger partial charge >= 0.3 is 42.3 Å². The van der Waals surface area contributed by atoms with Crippen LogP contribution in [0.4, 0.5) is 19.2 Å². The molecule has 27 heteroatoms. The number of alkyl halides is 6. The Morgan fingerprint density at radius 2 is 1.02 bits per heavy atom. The van der Waals surface area contributed by atoms with E-state index in [-0.39, 0.29) is 50.0 Å². The first-order valence-corrected chi connectivity index (χ1v) is 20.4. The molecule has 6 atom stereocenters. The lowest BCUT2D eigenvalue weighted by atomic mass is 10.2. The van der Waals surface area contributed by atoms with Gasteiger partial charge in [0.15, 0.2) is 0 Å².